The van der Waals surface area contributed by atoms with Gasteiger partial charge in [-0.05, 0) is 50.6 Å². The number of H-pyrrole nitrogens is 1. The van der Waals surface area contributed by atoms with E-state index in [0.29, 0.717) is 0 Å². The Kier molecular flexibility index (Phi) is 2.88. The number of halogens is 1. The van der Waals surface area contributed by atoms with Crippen molar-refractivity contribution in [3.63, 3.8) is 0 Å². The summed E-state index contributed by atoms with van der Waals surface area (Å²) in [5, 5.41) is 10.4. The molecule has 0 aliphatic heterocycles. The Balaban J connectivity index is 2.21. The number of nitrogens with zero attached hydrogens (tertiary/aromatic N) is 1. The minimum Gasteiger partial charge on any atom is -0.364 e. The maximum absolute atomic E-state index is 12.8. The quantitative estimate of drug-likeness (QED) is 0.834. The summed E-state index contributed by atoms with van der Waals surface area (Å²) in [6.07, 6.45) is 0. The maximum atomic E-state index is 12.8. The lowest BCUT2D eigenvalue weighted by atomic mass is 10.1. The molecule has 2 N–H and O–H groups in total. The van der Waals surface area contributed by atoms with Crippen LogP contribution in [0.3, 0.4) is 0 Å². The van der Waals surface area contributed by atoms with Crippen molar-refractivity contribution in [3.8, 4) is 11.3 Å². The van der Waals surface area contributed by atoms with Crippen LogP contribution < -0.4 is 5.32 Å². The van der Waals surface area contributed by atoms with E-state index >= 15 is 0 Å². The highest BCUT2D eigenvalue weighted by atomic mass is 19.1. The first-order valence-electron chi connectivity index (χ1n) is 5.53. The number of aromatic amines is 1. The molecule has 0 amide bonds. The average Bonchev–Trinajstić information content (AvgIpc) is 2.64. The minimum atomic E-state index is -0.235. The molecule has 0 aliphatic carbocycles. The molecule has 0 radical (unpaired) electrons. The van der Waals surface area contributed by atoms with E-state index in [9.17, 15) is 4.39 Å². The fraction of sp³-hybridized carbons (Fsp3) is 0.308. The molecule has 0 atom stereocenters. The van der Waals surface area contributed by atoms with Gasteiger partial charge in [-0.2, -0.15) is 5.10 Å². The first-order valence-corrected chi connectivity index (χ1v) is 5.53. The second kappa shape index (κ2) is 4.20. The molecule has 1 aromatic carbocycles. The van der Waals surface area contributed by atoms with Crippen molar-refractivity contribution in [2.24, 2.45) is 0 Å². The minimum absolute atomic E-state index is 0.0325. The highest BCUT2D eigenvalue weighted by Gasteiger charge is 2.11. The fourth-order valence-corrected chi connectivity index (χ4v) is 1.55. The number of nitrogens with one attached hydrogen (secondary N) is 2. The molecular weight excluding hydrogens is 217 g/mol. The Hall–Kier alpha value is -1.84. The number of benzene rings is 1. The first-order chi connectivity index (χ1) is 7.94. The van der Waals surface area contributed by atoms with E-state index < -0.39 is 0 Å². The zero-order valence-electron chi connectivity index (χ0n) is 10.2. The molecule has 2 aromatic rings. The van der Waals surface area contributed by atoms with E-state index in [0.717, 1.165) is 17.1 Å². The van der Waals surface area contributed by atoms with E-state index in [1.807, 2.05) is 6.07 Å². The molecule has 0 fully saturated rings. The lowest BCUT2D eigenvalue weighted by molar-refractivity contribution is 0.628. The summed E-state index contributed by atoms with van der Waals surface area (Å²) >= 11 is 0. The van der Waals surface area contributed by atoms with Crippen LogP contribution in [0.25, 0.3) is 11.3 Å². The smallest absolute Gasteiger partial charge is 0.148 e. The van der Waals surface area contributed by atoms with Crippen LogP contribution in [0, 0.1) is 5.82 Å². The van der Waals surface area contributed by atoms with Crippen LogP contribution in [0.1, 0.15) is 20.8 Å². The molecule has 0 unspecified atom stereocenters. The molecule has 3 nitrogen and oxygen atoms in total. The standard InChI is InChI=1S/C13H16FN3/c1-13(2,3)15-12-8-11(16-17-12)9-4-6-10(14)7-5-9/h4-8H,1-3H3,(H2,15,16,17). The van der Waals surface area contributed by atoms with Crippen LogP contribution >= 0.6 is 0 Å². The molecular formula is C13H16FN3. The van der Waals surface area contributed by atoms with Gasteiger partial charge in [0.25, 0.3) is 0 Å². The average molecular weight is 233 g/mol. The van der Waals surface area contributed by atoms with Crippen molar-refractivity contribution >= 4 is 5.82 Å². The Morgan fingerprint density at radius 3 is 2.41 bits per heavy atom. The summed E-state index contributed by atoms with van der Waals surface area (Å²) in [4.78, 5) is 0. The Labute approximate surface area is 100 Å². The largest absolute Gasteiger partial charge is 0.364 e. The van der Waals surface area contributed by atoms with E-state index in [1.54, 1.807) is 12.1 Å². The third-order valence-corrected chi connectivity index (χ3v) is 2.24. The lowest BCUT2D eigenvalue weighted by Gasteiger charge is -2.19. The van der Waals surface area contributed by atoms with Gasteiger partial charge in [-0.25, -0.2) is 4.39 Å². The van der Waals surface area contributed by atoms with Crippen LogP contribution in [0.2, 0.25) is 0 Å². The second-order valence-corrected chi connectivity index (χ2v) is 5.05. The van der Waals surface area contributed by atoms with Gasteiger partial charge in [0, 0.05) is 11.6 Å². The fourth-order valence-electron chi connectivity index (χ4n) is 1.55. The van der Waals surface area contributed by atoms with Gasteiger partial charge in [0.2, 0.25) is 0 Å². The molecule has 0 saturated heterocycles. The van der Waals surface area contributed by atoms with E-state index in [4.69, 9.17) is 0 Å². The van der Waals surface area contributed by atoms with Gasteiger partial charge in [0.05, 0.1) is 5.69 Å². The molecule has 0 spiro atoms. The van der Waals surface area contributed by atoms with Crippen LogP contribution in [-0.2, 0) is 0 Å². The molecule has 0 aliphatic rings. The van der Waals surface area contributed by atoms with E-state index in [1.165, 1.54) is 12.1 Å². The summed E-state index contributed by atoms with van der Waals surface area (Å²) in [7, 11) is 0. The first kappa shape index (κ1) is 11.6. The third kappa shape index (κ3) is 3.06. The number of anilines is 1. The van der Waals surface area contributed by atoms with Crippen molar-refractivity contribution in [2.75, 3.05) is 5.32 Å². The SMILES string of the molecule is CC(C)(C)Nc1cc(-c2ccc(F)cc2)[nH]n1. The normalized spacial score (nSPS) is 11.5. The predicted molar refractivity (Wildman–Crippen MR) is 67.4 cm³/mol. The monoisotopic (exact) mass is 233 g/mol. The summed E-state index contributed by atoms with van der Waals surface area (Å²) in [5.41, 5.74) is 1.76. The Morgan fingerprint density at radius 1 is 1.18 bits per heavy atom. The molecule has 2 rings (SSSR count). The van der Waals surface area contributed by atoms with Crippen molar-refractivity contribution < 1.29 is 4.39 Å². The van der Waals surface area contributed by atoms with Crippen molar-refractivity contribution in [2.45, 2.75) is 26.3 Å². The van der Waals surface area contributed by atoms with E-state index in [2.05, 4.69) is 36.3 Å². The molecule has 90 valence electrons. The van der Waals surface area contributed by atoms with Crippen LogP contribution in [0.4, 0.5) is 10.2 Å². The molecule has 1 heterocycles. The van der Waals surface area contributed by atoms with Gasteiger partial charge in [0.15, 0.2) is 0 Å². The Morgan fingerprint density at radius 2 is 1.82 bits per heavy atom. The number of rotatable bonds is 2. The van der Waals surface area contributed by atoms with Gasteiger partial charge in [-0.1, -0.05) is 0 Å². The van der Waals surface area contributed by atoms with Gasteiger partial charge < -0.3 is 5.32 Å². The van der Waals surface area contributed by atoms with Gasteiger partial charge >= 0.3 is 0 Å². The Bertz CT molecular complexity index is 494. The zero-order chi connectivity index (χ0) is 12.5. The van der Waals surface area contributed by atoms with Crippen molar-refractivity contribution in [1.29, 1.82) is 0 Å². The highest BCUT2D eigenvalue weighted by molar-refractivity contribution is 5.62. The van der Waals surface area contributed by atoms with E-state index in [-0.39, 0.29) is 11.4 Å². The summed E-state index contributed by atoms with van der Waals surface area (Å²) in [5.74, 6) is 0.554. The van der Waals surface area contributed by atoms with Gasteiger partial charge in [0.1, 0.15) is 11.6 Å². The van der Waals surface area contributed by atoms with Crippen LogP contribution in [0.5, 0.6) is 0 Å². The molecule has 0 saturated carbocycles. The maximum Gasteiger partial charge on any atom is 0.148 e. The number of aromatic nitrogens is 2. The van der Waals surface area contributed by atoms with Crippen molar-refractivity contribution in [3.05, 3.63) is 36.1 Å². The molecule has 1 aromatic heterocycles. The second-order valence-electron chi connectivity index (χ2n) is 5.05. The van der Waals surface area contributed by atoms with Crippen LogP contribution in [0.15, 0.2) is 30.3 Å². The summed E-state index contributed by atoms with van der Waals surface area (Å²) < 4.78 is 12.8. The summed E-state index contributed by atoms with van der Waals surface area (Å²) in [6.45, 7) is 6.21. The number of hydrogen-bond acceptors (Lipinski definition) is 2. The third-order valence-electron chi connectivity index (χ3n) is 2.24. The number of hydrogen-bond donors (Lipinski definition) is 2. The molecule has 0 bridgehead atoms. The van der Waals surface area contributed by atoms with Crippen LogP contribution in [-0.4, -0.2) is 15.7 Å². The van der Waals surface area contributed by atoms with Gasteiger partial charge in [-0.15, -0.1) is 0 Å². The van der Waals surface area contributed by atoms with Gasteiger partial charge in [-0.3, -0.25) is 5.10 Å². The highest BCUT2D eigenvalue weighted by Crippen LogP contribution is 2.21. The lowest BCUT2D eigenvalue weighted by Crippen LogP contribution is -2.26. The topological polar surface area (TPSA) is 40.7 Å². The zero-order valence-corrected chi connectivity index (χ0v) is 10.2. The molecule has 17 heavy (non-hydrogen) atoms. The van der Waals surface area contributed by atoms with Crippen molar-refractivity contribution in [1.82, 2.24) is 10.2 Å². The molecule has 4 heteroatoms. The summed E-state index contributed by atoms with van der Waals surface area (Å²) in [6, 6.07) is 8.24. The predicted octanol–water partition coefficient (Wildman–Crippen LogP) is 3.43.